The van der Waals surface area contributed by atoms with Crippen LogP contribution in [0.5, 0.6) is 0 Å². The highest BCUT2D eigenvalue weighted by Crippen LogP contribution is 2.14. The van der Waals surface area contributed by atoms with E-state index in [1.165, 1.54) is 0 Å². The topological polar surface area (TPSA) is 56.0 Å². The molecule has 1 aliphatic rings. The Morgan fingerprint density at radius 3 is 3.00 bits per heavy atom. The van der Waals surface area contributed by atoms with Gasteiger partial charge in [-0.05, 0) is 12.3 Å². The van der Waals surface area contributed by atoms with Crippen molar-refractivity contribution in [3.8, 4) is 6.07 Å². The Bertz CT molecular complexity index is 141. The number of piperidine rings is 1. The largest absolute Gasteiger partial charge is 0.396 e. The predicted molar refractivity (Wildman–Crippen MR) is 37.2 cm³/mol. The minimum atomic E-state index is 0.103. The third kappa shape index (κ3) is 1.69. The van der Waals surface area contributed by atoms with Crippen molar-refractivity contribution in [1.29, 1.82) is 5.26 Å². The molecule has 1 aliphatic heterocycles. The van der Waals surface area contributed by atoms with E-state index in [1.54, 1.807) is 0 Å². The summed E-state index contributed by atoms with van der Waals surface area (Å²) in [6.45, 7) is 1.84. The lowest BCUT2D eigenvalue weighted by Gasteiger charge is -2.24. The molecule has 1 fully saturated rings. The molecule has 3 nitrogen and oxygen atoms in total. The normalized spacial score (nSPS) is 33.2. The number of nitrogens with zero attached hydrogens (tertiary/aromatic N) is 1. The van der Waals surface area contributed by atoms with Crippen LogP contribution >= 0.6 is 0 Å². The summed E-state index contributed by atoms with van der Waals surface area (Å²) in [5.74, 6) is 0.393. The molecule has 1 saturated heterocycles. The quantitative estimate of drug-likeness (QED) is 0.527. The van der Waals surface area contributed by atoms with Crippen LogP contribution in [-0.2, 0) is 0 Å². The molecule has 2 N–H and O–H groups in total. The van der Waals surface area contributed by atoms with Gasteiger partial charge in [0.25, 0.3) is 0 Å². The molecule has 2 atom stereocenters. The molecular weight excluding hydrogens is 128 g/mol. The van der Waals surface area contributed by atoms with E-state index >= 15 is 0 Å². The highest BCUT2D eigenvalue weighted by molar-refractivity contribution is 4.89. The Balaban J connectivity index is 2.33. The van der Waals surface area contributed by atoms with E-state index in [9.17, 15) is 0 Å². The van der Waals surface area contributed by atoms with Gasteiger partial charge in [-0.15, -0.1) is 0 Å². The minimum Gasteiger partial charge on any atom is -0.396 e. The highest BCUT2D eigenvalue weighted by atomic mass is 16.3. The molecule has 0 aromatic heterocycles. The second-order valence-corrected chi connectivity index (χ2v) is 2.77. The number of rotatable bonds is 1. The van der Waals surface area contributed by atoms with Gasteiger partial charge in [-0.2, -0.15) is 5.26 Å². The Hall–Kier alpha value is -0.590. The first-order chi connectivity index (χ1) is 4.86. The van der Waals surface area contributed by atoms with Gasteiger partial charge >= 0.3 is 0 Å². The molecule has 10 heavy (non-hydrogen) atoms. The summed E-state index contributed by atoms with van der Waals surface area (Å²) in [6.07, 6.45) is 0.847. The standard InChI is InChI=1S/C7H12N2O/c8-2-6-1-7(5-10)4-9-3-6/h6-7,9-10H,1,3-5H2. The van der Waals surface area contributed by atoms with Gasteiger partial charge in [0.15, 0.2) is 0 Å². The first-order valence-corrected chi connectivity index (χ1v) is 3.58. The molecule has 3 heteroatoms. The average molecular weight is 140 g/mol. The molecular formula is C7H12N2O. The number of aliphatic hydroxyl groups excluding tert-OH is 1. The number of aliphatic hydroxyl groups is 1. The summed E-state index contributed by atoms with van der Waals surface area (Å²) in [5, 5.41) is 20.4. The monoisotopic (exact) mass is 140 g/mol. The second-order valence-electron chi connectivity index (χ2n) is 2.77. The molecule has 0 spiro atoms. The fraction of sp³-hybridized carbons (Fsp3) is 0.857. The molecule has 0 radical (unpaired) electrons. The number of nitrogens with one attached hydrogen (secondary N) is 1. The Kier molecular flexibility index (Phi) is 2.67. The van der Waals surface area contributed by atoms with Gasteiger partial charge in [-0.25, -0.2) is 0 Å². The minimum absolute atomic E-state index is 0.103. The molecule has 0 aliphatic carbocycles. The van der Waals surface area contributed by atoms with Crippen molar-refractivity contribution in [2.45, 2.75) is 6.42 Å². The van der Waals surface area contributed by atoms with Crippen molar-refractivity contribution >= 4 is 0 Å². The van der Waals surface area contributed by atoms with E-state index in [4.69, 9.17) is 10.4 Å². The van der Waals surface area contributed by atoms with E-state index < -0.39 is 0 Å². The zero-order valence-electron chi connectivity index (χ0n) is 5.88. The molecule has 0 bridgehead atoms. The second kappa shape index (κ2) is 3.55. The van der Waals surface area contributed by atoms with Crippen LogP contribution in [0.2, 0.25) is 0 Å². The van der Waals surface area contributed by atoms with Crippen molar-refractivity contribution in [1.82, 2.24) is 5.32 Å². The Morgan fingerprint density at radius 2 is 2.40 bits per heavy atom. The van der Waals surface area contributed by atoms with E-state index in [2.05, 4.69) is 11.4 Å². The number of hydrogen-bond acceptors (Lipinski definition) is 3. The summed E-state index contributed by atoms with van der Waals surface area (Å²) < 4.78 is 0. The van der Waals surface area contributed by atoms with Gasteiger partial charge in [0.05, 0.1) is 12.0 Å². The lowest BCUT2D eigenvalue weighted by Crippen LogP contribution is -2.37. The van der Waals surface area contributed by atoms with Crippen LogP contribution in [0.25, 0.3) is 0 Å². The van der Waals surface area contributed by atoms with Crippen molar-refractivity contribution in [2.75, 3.05) is 19.7 Å². The van der Waals surface area contributed by atoms with Crippen molar-refractivity contribution < 1.29 is 5.11 Å². The summed E-state index contributed by atoms with van der Waals surface area (Å²) in [6, 6.07) is 2.19. The fourth-order valence-electron chi connectivity index (χ4n) is 1.27. The molecule has 1 rings (SSSR count). The van der Waals surface area contributed by atoms with Crippen molar-refractivity contribution in [3.05, 3.63) is 0 Å². The van der Waals surface area contributed by atoms with Crippen molar-refractivity contribution in [2.24, 2.45) is 11.8 Å². The highest BCUT2D eigenvalue weighted by Gasteiger charge is 2.19. The molecule has 0 aromatic rings. The van der Waals surface area contributed by atoms with E-state index in [1.807, 2.05) is 0 Å². The lowest BCUT2D eigenvalue weighted by molar-refractivity contribution is 0.186. The maximum absolute atomic E-state index is 8.75. The zero-order valence-corrected chi connectivity index (χ0v) is 5.88. The zero-order chi connectivity index (χ0) is 7.40. The summed E-state index contributed by atoms with van der Waals surface area (Å²) in [4.78, 5) is 0. The summed E-state index contributed by atoms with van der Waals surface area (Å²) in [5.41, 5.74) is 0. The Morgan fingerprint density at radius 1 is 1.60 bits per heavy atom. The van der Waals surface area contributed by atoms with Crippen molar-refractivity contribution in [3.63, 3.8) is 0 Å². The summed E-state index contributed by atoms with van der Waals surface area (Å²) in [7, 11) is 0. The van der Waals surface area contributed by atoms with Gasteiger partial charge in [-0.1, -0.05) is 0 Å². The van der Waals surface area contributed by atoms with Gasteiger partial charge in [0.2, 0.25) is 0 Å². The molecule has 1 heterocycles. The van der Waals surface area contributed by atoms with Crippen LogP contribution in [0.15, 0.2) is 0 Å². The number of hydrogen-bond donors (Lipinski definition) is 2. The van der Waals surface area contributed by atoms with E-state index in [0.717, 1.165) is 19.5 Å². The average Bonchev–Trinajstić information content (AvgIpc) is 2.05. The lowest BCUT2D eigenvalue weighted by atomic mass is 9.92. The first-order valence-electron chi connectivity index (χ1n) is 3.58. The van der Waals surface area contributed by atoms with Crippen LogP contribution < -0.4 is 5.32 Å². The molecule has 2 unspecified atom stereocenters. The smallest absolute Gasteiger partial charge is 0.0669 e. The molecule has 0 saturated carbocycles. The van der Waals surface area contributed by atoms with Gasteiger partial charge < -0.3 is 10.4 Å². The van der Waals surface area contributed by atoms with Gasteiger partial charge in [-0.3, -0.25) is 0 Å². The third-order valence-corrected chi connectivity index (χ3v) is 1.88. The van der Waals surface area contributed by atoms with Crippen LogP contribution in [0, 0.1) is 23.2 Å². The third-order valence-electron chi connectivity index (χ3n) is 1.88. The maximum Gasteiger partial charge on any atom is 0.0669 e. The predicted octanol–water partition coefficient (Wildman–Crippen LogP) is -0.272. The van der Waals surface area contributed by atoms with Gasteiger partial charge in [0, 0.05) is 19.7 Å². The molecule has 56 valence electrons. The fourth-order valence-corrected chi connectivity index (χ4v) is 1.27. The molecule has 0 amide bonds. The van der Waals surface area contributed by atoms with Crippen LogP contribution in [0.1, 0.15) is 6.42 Å². The van der Waals surface area contributed by atoms with Crippen LogP contribution in [0.4, 0.5) is 0 Å². The van der Waals surface area contributed by atoms with Crippen LogP contribution in [0.3, 0.4) is 0 Å². The summed E-state index contributed by atoms with van der Waals surface area (Å²) >= 11 is 0. The maximum atomic E-state index is 8.75. The van der Waals surface area contributed by atoms with E-state index in [0.29, 0.717) is 5.92 Å². The van der Waals surface area contributed by atoms with Gasteiger partial charge in [0.1, 0.15) is 0 Å². The number of nitriles is 1. The van der Waals surface area contributed by atoms with Crippen LogP contribution in [-0.4, -0.2) is 24.8 Å². The Labute approximate surface area is 60.7 Å². The molecule has 0 aromatic carbocycles. The first kappa shape index (κ1) is 7.52. The SMILES string of the molecule is N#CC1CNCC(CO)C1. The van der Waals surface area contributed by atoms with E-state index in [-0.39, 0.29) is 12.5 Å².